The maximum atomic E-state index is 12.0. The molecule has 2 amide bonds. The molecule has 124 valence electrons. The van der Waals surface area contributed by atoms with Crippen molar-refractivity contribution in [2.45, 2.75) is 0 Å². The van der Waals surface area contributed by atoms with E-state index in [1.165, 1.54) is 6.08 Å². The van der Waals surface area contributed by atoms with Crippen LogP contribution in [0.1, 0.15) is 5.56 Å². The highest BCUT2D eigenvalue weighted by molar-refractivity contribution is 5.99. The monoisotopic (exact) mass is 330 g/mol. The second-order valence-corrected chi connectivity index (χ2v) is 5.57. The number of nitrogens with one attached hydrogen (secondary N) is 2. The number of benzene rings is 3. The Balaban J connectivity index is 1.51. The van der Waals surface area contributed by atoms with Crippen LogP contribution in [-0.2, 0) is 9.59 Å². The maximum Gasteiger partial charge on any atom is 0.244 e. The Morgan fingerprint density at radius 2 is 1.56 bits per heavy atom. The number of amides is 2. The lowest BCUT2D eigenvalue weighted by Crippen LogP contribution is -2.31. The molecule has 0 heterocycles. The second kappa shape index (κ2) is 7.93. The van der Waals surface area contributed by atoms with Gasteiger partial charge in [-0.15, -0.1) is 0 Å². The molecule has 0 saturated heterocycles. The van der Waals surface area contributed by atoms with Crippen LogP contribution in [0.4, 0.5) is 5.69 Å². The number of carbonyl (C=O) groups is 2. The summed E-state index contributed by atoms with van der Waals surface area (Å²) in [5.74, 6) is -0.575. The normalized spacial score (nSPS) is 10.7. The lowest BCUT2D eigenvalue weighted by molar-refractivity contribution is -0.121. The Kier molecular flexibility index (Phi) is 5.22. The number of anilines is 1. The van der Waals surface area contributed by atoms with Gasteiger partial charge in [-0.25, -0.2) is 0 Å². The van der Waals surface area contributed by atoms with Gasteiger partial charge in [0.25, 0.3) is 0 Å². The zero-order chi connectivity index (χ0) is 17.5. The number of hydrogen-bond donors (Lipinski definition) is 2. The molecular formula is C21H18N2O2. The molecule has 0 radical (unpaired) electrons. The van der Waals surface area contributed by atoms with Crippen LogP contribution in [0.3, 0.4) is 0 Å². The van der Waals surface area contributed by atoms with E-state index in [4.69, 9.17) is 0 Å². The van der Waals surface area contributed by atoms with Crippen LogP contribution in [0.25, 0.3) is 16.8 Å². The summed E-state index contributed by atoms with van der Waals surface area (Å²) in [5.41, 5.74) is 1.64. The number of carbonyl (C=O) groups excluding carboxylic acids is 2. The standard InChI is InChI=1S/C21H18N2O2/c24-20(13-10-16-6-2-1-3-7-16)22-15-21(25)23-19-12-11-17-8-4-5-9-18(17)14-19/h1-14H,15H2,(H,22,24)(H,23,25)/b13-10+. The van der Waals surface area contributed by atoms with E-state index >= 15 is 0 Å². The van der Waals surface area contributed by atoms with Crippen molar-refractivity contribution >= 4 is 34.4 Å². The van der Waals surface area contributed by atoms with E-state index in [9.17, 15) is 9.59 Å². The van der Waals surface area contributed by atoms with Crippen molar-refractivity contribution in [1.29, 1.82) is 0 Å². The highest BCUT2D eigenvalue weighted by Gasteiger charge is 2.04. The second-order valence-electron chi connectivity index (χ2n) is 5.57. The summed E-state index contributed by atoms with van der Waals surface area (Å²) >= 11 is 0. The quantitative estimate of drug-likeness (QED) is 0.702. The SMILES string of the molecule is O=C(/C=C/c1ccccc1)NCC(=O)Nc1ccc2ccccc2c1. The fourth-order valence-corrected chi connectivity index (χ4v) is 2.43. The van der Waals surface area contributed by atoms with Crippen molar-refractivity contribution in [3.8, 4) is 0 Å². The van der Waals surface area contributed by atoms with Crippen molar-refractivity contribution in [3.63, 3.8) is 0 Å². The molecule has 3 aromatic carbocycles. The Morgan fingerprint density at radius 1 is 0.840 bits per heavy atom. The van der Waals surface area contributed by atoms with Crippen LogP contribution >= 0.6 is 0 Å². The van der Waals surface area contributed by atoms with Gasteiger partial charge in [-0.1, -0.05) is 60.7 Å². The minimum atomic E-state index is -0.308. The molecule has 3 aromatic rings. The molecule has 0 aliphatic carbocycles. The maximum absolute atomic E-state index is 12.0. The molecule has 0 fully saturated rings. The minimum Gasteiger partial charge on any atom is -0.343 e. The molecule has 0 aromatic heterocycles. The molecule has 0 bridgehead atoms. The molecule has 4 heteroatoms. The van der Waals surface area contributed by atoms with Crippen LogP contribution in [0.15, 0.2) is 78.9 Å². The third-order valence-corrected chi connectivity index (χ3v) is 3.68. The number of hydrogen-bond acceptors (Lipinski definition) is 2. The molecule has 0 atom stereocenters. The molecule has 25 heavy (non-hydrogen) atoms. The van der Waals surface area contributed by atoms with Crippen molar-refractivity contribution in [2.75, 3.05) is 11.9 Å². The van der Waals surface area contributed by atoms with E-state index in [2.05, 4.69) is 10.6 Å². The molecule has 0 saturated carbocycles. The highest BCUT2D eigenvalue weighted by atomic mass is 16.2. The van der Waals surface area contributed by atoms with Gasteiger partial charge in [0.1, 0.15) is 0 Å². The first-order valence-electron chi connectivity index (χ1n) is 8.00. The lowest BCUT2D eigenvalue weighted by atomic mass is 10.1. The average Bonchev–Trinajstić information content (AvgIpc) is 2.65. The number of fused-ring (bicyclic) bond motifs is 1. The predicted molar refractivity (Wildman–Crippen MR) is 101 cm³/mol. The van der Waals surface area contributed by atoms with Crippen LogP contribution < -0.4 is 10.6 Å². The average molecular weight is 330 g/mol. The van der Waals surface area contributed by atoms with Crippen molar-refractivity contribution in [1.82, 2.24) is 5.32 Å². The fraction of sp³-hybridized carbons (Fsp3) is 0.0476. The minimum absolute atomic E-state index is 0.0786. The first-order valence-corrected chi connectivity index (χ1v) is 8.00. The Morgan fingerprint density at radius 3 is 2.36 bits per heavy atom. The summed E-state index contributed by atoms with van der Waals surface area (Å²) in [6, 6.07) is 23.1. The van der Waals surface area contributed by atoms with Crippen molar-refractivity contribution < 1.29 is 9.59 Å². The van der Waals surface area contributed by atoms with Crippen LogP contribution in [-0.4, -0.2) is 18.4 Å². The number of rotatable bonds is 5. The summed E-state index contributed by atoms with van der Waals surface area (Å²) in [4.78, 5) is 23.7. The zero-order valence-corrected chi connectivity index (χ0v) is 13.6. The third-order valence-electron chi connectivity index (χ3n) is 3.68. The molecule has 3 rings (SSSR count). The zero-order valence-electron chi connectivity index (χ0n) is 13.6. The van der Waals surface area contributed by atoms with Gasteiger partial charge in [-0.2, -0.15) is 0 Å². The van der Waals surface area contributed by atoms with Crippen LogP contribution in [0.5, 0.6) is 0 Å². The molecule has 0 aliphatic rings. The van der Waals surface area contributed by atoms with Gasteiger partial charge >= 0.3 is 0 Å². The Bertz CT molecular complexity index is 917. The summed E-state index contributed by atoms with van der Waals surface area (Å²) < 4.78 is 0. The van der Waals surface area contributed by atoms with Crippen molar-refractivity contribution in [2.24, 2.45) is 0 Å². The van der Waals surface area contributed by atoms with Gasteiger partial charge in [0, 0.05) is 11.8 Å². The summed E-state index contributed by atoms with van der Waals surface area (Å²) in [6.07, 6.45) is 3.12. The van der Waals surface area contributed by atoms with Crippen LogP contribution in [0, 0.1) is 0 Å². The Labute approximate surface area is 146 Å². The van der Waals surface area contributed by atoms with E-state index in [0.717, 1.165) is 16.3 Å². The summed E-state index contributed by atoms with van der Waals surface area (Å²) in [5, 5.41) is 7.52. The first kappa shape index (κ1) is 16.5. The van der Waals surface area contributed by atoms with Gasteiger partial charge in [-0.3, -0.25) is 9.59 Å². The smallest absolute Gasteiger partial charge is 0.244 e. The van der Waals surface area contributed by atoms with Gasteiger partial charge in [-0.05, 0) is 34.5 Å². The lowest BCUT2D eigenvalue weighted by Gasteiger charge is -2.07. The molecule has 2 N–H and O–H groups in total. The summed E-state index contributed by atoms with van der Waals surface area (Å²) in [7, 11) is 0. The van der Waals surface area contributed by atoms with Crippen LogP contribution in [0.2, 0.25) is 0 Å². The van der Waals surface area contributed by atoms with Gasteiger partial charge in [0.2, 0.25) is 11.8 Å². The molecule has 4 nitrogen and oxygen atoms in total. The highest BCUT2D eigenvalue weighted by Crippen LogP contribution is 2.18. The van der Waals surface area contributed by atoms with Gasteiger partial charge in [0.15, 0.2) is 0 Å². The van der Waals surface area contributed by atoms with E-state index in [0.29, 0.717) is 5.69 Å². The van der Waals surface area contributed by atoms with Gasteiger partial charge < -0.3 is 10.6 Å². The van der Waals surface area contributed by atoms with E-state index in [1.807, 2.05) is 72.8 Å². The molecule has 0 spiro atoms. The van der Waals surface area contributed by atoms with Gasteiger partial charge in [0.05, 0.1) is 6.54 Å². The molecular weight excluding hydrogens is 312 g/mol. The summed E-state index contributed by atoms with van der Waals surface area (Å²) in [6.45, 7) is -0.0786. The van der Waals surface area contributed by atoms with E-state index in [-0.39, 0.29) is 18.4 Å². The predicted octanol–water partition coefficient (Wildman–Crippen LogP) is 3.61. The van der Waals surface area contributed by atoms with E-state index < -0.39 is 0 Å². The van der Waals surface area contributed by atoms with Crippen molar-refractivity contribution in [3.05, 3.63) is 84.4 Å². The molecule has 0 aliphatic heterocycles. The fourth-order valence-electron chi connectivity index (χ4n) is 2.43. The molecule has 0 unspecified atom stereocenters. The topological polar surface area (TPSA) is 58.2 Å². The first-order chi connectivity index (χ1) is 12.2. The Hall–Kier alpha value is -3.40. The van der Waals surface area contributed by atoms with E-state index in [1.54, 1.807) is 6.08 Å². The third kappa shape index (κ3) is 4.78. The largest absolute Gasteiger partial charge is 0.343 e.